The molecule has 0 saturated carbocycles. The van der Waals surface area contributed by atoms with Crippen molar-refractivity contribution in [2.45, 2.75) is 77.8 Å². The Labute approximate surface area is 169 Å². The molecule has 27 heavy (non-hydrogen) atoms. The fourth-order valence-corrected chi connectivity index (χ4v) is 4.25. The van der Waals surface area contributed by atoms with Crippen molar-refractivity contribution in [1.29, 1.82) is 0 Å². The Balaban J connectivity index is 1.87. The molecule has 2 N–H and O–H groups in total. The van der Waals surface area contributed by atoms with Crippen LogP contribution >= 0.6 is 12.2 Å². The predicted octanol–water partition coefficient (Wildman–Crippen LogP) is 3.93. The van der Waals surface area contributed by atoms with Crippen molar-refractivity contribution in [3.63, 3.8) is 0 Å². The van der Waals surface area contributed by atoms with Gasteiger partial charge in [0.05, 0.1) is 0 Å². The SMILES string of the molecule is CC(C)NC(=S)Nc1nc(N2CCCCCC2)cc(N2CCCC[C@H]2C)n1. The number of hydrogen-bond donors (Lipinski definition) is 2. The number of nitrogens with zero attached hydrogens (tertiary/aromatic N) is 4. The van der Waals surface area contributed by atoms with Crippen LogP contribution in [0.1, 0.15) is 65.7 Å². The summed E-state index contributed by atoms with van der Waals surface area (Å²) >= 11 is 5.43. The third-order valence-corrected chi connectivity index (χ3v) is 5.59. The summed E-state index contributed by atoms with van der Waals surface area (Å²) in [4.78, 5) is 14.5. The minimum atomic E-state index is 0.278. The Morgan fingerprint density at radius 3 is 2.37 bits per heavy atom. The first-order chi connectivity index (χ1) is 13.0. The summed E-state index contributed by atoms with van der Waals surface area (Å²) in [5, 5.41) is 7.01. The van der Waals surface area contributed by atoms with E-state index in [1.165, 1.54) is 44.9 Å². The summed E-state index contributed by atoms with van der Waals surface area (Å²) in [5.41, 5.74) is 0. The zero-order chi connectivity index (χ0) is 19.2. The minimum Gasteiger partial charge on any atom is -0.360 e. The van der Waals surface area contributed by atoms with E-state index in [2.05, 4.69) is 47.3 Å². The number of nitrogens with one attached hydrogen (secondary N) is 2. The maximum atomic E-state index is 5.43. The quantitative estimate of drug-likeness (QED) is 0.755. The maximum absolute atomic E-state index is 5.43. The molecule has 1 aromatic rings. The van der Waals surface area contributed by atoms with Gasteiger partial charge in [0.1, 0.15) is 11.6 Å². The van der Waals surface area contributed by atoms with Gasteiger partial charge in [-0.3, -0.25) is 0 Å². The van der Waals surface area contributed by atoms with Crippen LogP contribution in [0.3, 0.4) is 0 Å². The largest absolute Gasteiger partial charge is 0.360 e. The lowest BCUT2D eigenvalue weighted by Crippen LogP contribution is -2.39. The molecule has 3 rings (SSSR count). The lowest BCUT2D eigenvalue weighted by atomic mass is 10.0. The van der Waals surface area contributed by atoms with Gasteiger partial charge in [0.25, 0.3) is 0 Å². The van der Waals surface area contributed by atoms with Gasteiger partial charge < -0.3 is 20.4 Å². The molecule has 0 bridgehead atoms. The second-order valence-corrected chi connectivity index (χ2v) is 8.51. The second kappa shape index (κ2) is 9.53. The van der Waals surface area contributed by atoms with E-state index < -0.39 is 0 Å². The van der Waals surface area contributed by atoms with E-state index in [4.69, 9.17) is 22.2 Å². The minimum absolute atomic E-state index is 0.278. The molecule has 1 aromatic heterocycles. The van der Waals surface area contributed by atoms with Crippen LogP contribution in [0.25, 0.3) is 0 Å². The van der Waals surface area contributed by atoms with Crippen LogP contribution in [0, 0.1) is 0 Å². The zero-order valence-electron chi connectivity index (χ0n) is 17.0. The van der Waals surface area contributed by atoms with Crippen LogP contribution in [-0.4, -0.2) is 46.8 Å². The number of aromatic nitrogens is 2. The van der Waals surface area contributed by atoms with Gasteiger partial charge in [0.15, 0.2) is 5.11 Å². The number of rotatable bonds is 4. The van der Waals surface area contributed by atoms with Crippen LogP contribution < -0.4 is 20.4 Å². The van der Waals surface area contributed by atoms with Crippen molar-refractivity contribution in [1.82, 2.24) is 15.3 Å². The highest BCUT2D eigenvalue weighted by atomic mass is 32.1. The van der Waals surface area contributed by atoms with Crippen molar-refractivity contribution < 1.29 is 0 Å². The highest BCUT2D eigenvalue weighted by Crippen LogP contribution is 2.28. The van der Waals surface area contributed by atoms with Crippen molar-refractivity contribution in [2.24, 2.45) is 0 Å². The highest BCUT2D eigenvalue weighted by molar-refractivity contribution is 7.80. The molecule has 0 spiro atoms. The predicted molar refractivity (Wildman–Crippen MR) is 118 cm³/mol. The molecule has 1 atom stereocenters. The maximum Gasteiger partial charge on any atom is 0.232 e. The normalized spacial score (nSPS) is 21.1. The van der Waals surface area contributed by atoms with Gasteiger partial charge in [0, 0.05) is 37.8 Å². The fourth-order valence-electron chi connectivity index (χ4n) is 3.93. The molecule has 6 nitrogen and oxygen atoms in total. The van der Waals surface area contributed by atoms with E-state index >= 15 is 0 Å². The van der Waals surface area contributed by atoms with E-state index in [0.29, 0.717) is 17.1 Å². The zero-order valence-corrected chi connectivity index (χ0v) is 17.8. The number of hydrogen-bond acceptors (Lipinski definition) is 5. The molecule has 0 amide bonds. The number of thiocarbonyl (C=S) groups is 1. The summed E-state index contributed by atoms with van der Waals surface area (Å²) in [6, 6.07) is 2.97. The van der Waals surface area contributed by atoms with Crippen molar-refractivity contribution >= 4 is 34.9 Å². The Bertz CT molecular complexity index is 627. The third kappa shape index (κ3) is 5.67. The second-order valence-electron chi connectivity index (χ2n) is 8.10. The summed E-state index contributed by atoms with van der Waals surface area (Å²) in [5.74, 6) is 2.64. The Kier molecular flexibility index (Phi) is 7.10. The molecule has 2 aliphatic rings. The number of anilines is 3. The monoisotopic (exact) mass is 390 g/mol. The average Bonchev–Trinajstić information content (AvgIpc) is 2.90. The molecule has 2 saturated heterocycles. The van der Waals surface area contributed by atoms with Gasteiger partial charge in [0.2, 0.25) is 5.95 Å². The fraction of sp³-hybridized carbons (Fsp3) is 0.750. The molecule has 150 valence electrons. The van der Waals surface area contributed by atoms with Gasteiger partial charge >= 0.3 is 0 Å². The van der Waals surface area contributed by atoms with E-state index in [0.717, 1.165) is 31.3 Å². The topological polar surface area (TPSA) is 56.3 Å². The van der Waals surface area contributed by atoms with E-state index in [-0.39, 0.29) is 6.04 Å². The summed E-state index contributed by atoms with van der Waals surface area (Å²) in [6.07, 6.45) is 8.83. The lowest BCUT2D eigenvalue weighted by molar-refractivity contribution is 0.481. The van der Waals surface area contributed by atoms with Crippen molar-refractivity contribution in [2.75, 3.05) is 34.8 Å². The smallest absolute Gasteiger partial charge is 0.232 e. The first-order valence-corrected chi connectivity index (χ1v) is 10.9. The van der Waals surface area contributed by atoms with Gasteiger partial charge in [-0.15, -0.1) is 0 Å². The number of piperidine rings is 1. The van der Waals surface area contributed by atoms with Gasteiger partial charge in [-0.05, 0) is 65.1 Å². The Morgan fingerprint density at radius 2 is 1.70 bits per heavy atom. The molecule has 0 aliphatic carbocycles. The van der Waals surface area contributed by atoms with Crippen LogP contribution in [0.15, 0.2) is 6.07 Å². The summed E-state index contributed by atoms with van der Waals surface area (Å²) < 4.78 is 0. The lowest BCUT2D eigenvalue weighted by Gasteiger charge is -2.35. The molecular formula is C20H34N6S. The van der Waals surface area contributed by atoms with Crippen molar-refractivity contribution in [3.05, 3.63) is 6.07 Å². The molecule has 7 heteroatoms. The molecule has 3 heterocycles. The van der Waals surface area contributed by atoms with E-state index in [9.17, 15) is 0 Å². The van der Waals surface area contributed by atoms with E-state index in [1.54, 1.807) is 0 Å². The van der Waals surface area contributed by atoms with Crippen LogP contribution in [0.4, 0.5) is 17.6 Å². The molecular weight excluding hydrogens is 356 g/mol. The Hall–Kier alpha value is -1.63. The van der Waals surface area contributed by atoms with Crippen LogP contribution in [-0.2, 0) is 0 Å². The van der Waals surface area contributed by atoms with Gasteiger partial charge in [-0.1, -0.05) is 12.8 Å². The van der Waals surface area contributed by atoms with Gasteiger partial charge in [-0.25, -0.2) is 0 Å². The van der Waals surface area contributed by atoms with Crippen molar-refractivity contribution in [3.8, 4) is 0 Å². The summed E-state index contributed by atoms with van der Waals surface area (Å²) in [6.45, 7) is 9.64. The van der Waals surface area contributed by atoms with Gasteiger partial charge in [-0.2, -0.15) is 9.97 Å². The first kappa shape index (κ1) is 20.1. The standard InChI is InChI=1S/C20H34N6S/c1-15(2)21-20(27)24-19-22-17(25-11-7-4-5-8-12-25)14-18(23-19)26-13-9-6-10-16(26)3/h14-16H,4-13H2,1-3H3,(H2,21,22,23,24,27)/t16-/m1/s1. The molecule has 0 radical (unpaired) electrons. The van der Waals surface area contributed by atoms with E-state index in [1.807, 2.05) is 0 Å². The summed E-state index contributed by atoms with van der Waals surface area (Å²) in [7, 11) is 0. The molecule has 2 aliphatic heterocycles. The molecule has 0 unspecified atom stereocenters. The van der Waals surface area contributed by atoms with Crippen LogP contribution in [0.2, 0.25) is 0 Å². The molecule has 0 aromatic carbocycles. The Morgan fingerprint density at radius 1 is 1.04 bits per heavy atom. The first-order valence-electron chi connectivity index (χ1n) is 10.5. The third-order valence-electron chi connectivity index (χ3n) is 5.37. The van der Waals surface area contributed by atoms with Crippen LogP contribution in [0.5, 0.6) is 0 Å². The molecule has 2 fully saturated rings. The highest BCUT2D eigenvalue weighted by Gasteiger charge is 2.22. The average molecular weight is 391 g/mol.